The molecule has 12 nitrogen and oxygen atoms in total. The Kier molecular flexibility index (Phi) is 11.6. The minimum absolute atomic E-state index is 0.0287. The number of thiazole rings is 1. The summed E-state index contributed by atoms with van der Waals surface area (Å²) in [4.78, 5) is 18.0. The number of rotatable bonds is 14. The summed E-state index contributed by atoms with van der Waals surface area (Å²) < 4.78 is 52.7. The van der Waals surface area contributed by atoms with E-state index in [0.717, 1.165) is 21.8 Å². The van der Waals surface area contributed by atoms with Gasteiger partial charge in [0.2, 0.25) is 10.0 Å². The SMILES string of the molecule is COc1ccc(C[C@H](NC(=O)O[C@H]2CCO[C@H]3OCC[C@H]32)[C@H](O)CN(CC(C)C)S(=O)(=O)c2ccc3nc(NC(C)C)sc3c2)cc1. The molecule has 1 amide bonds. The van der Waals surface area contributed by atoms with Gasteiger partial charge in [0.1, 0.15) is 11.9 Å². The number of nitrogens with one attached hydrogen (secondary N) is 2. The maximum absolute atomic E-state index is 14.1. The maximum atomic E-state index is 14.1. The summed E-state index contributed by atoms with van der Waals surface area (Å²) in [6, 6.07) is 11.5. The molecule has 2 aliphatic heterocycles. The highest BCUT2D eigenvalue weighted by Gasteiger charge is 2.41. The number of aliphatic hydroxyl groups is 1. The first-order chi connectivity index (χ1) is 22.4. The number of ether oxygens (including phenoxy) is 4. The van der Waals surface area contributed by atoms with Crippen molar-refractivity contribution in [2.24, 2.45) is 11.8 Å². The van der Waals surface area contributed by atoms with Crippen molar-refractivity contribution < 1.29 is 37.3 Å². The number of nitrogens with zero attached hydrogens (tertiary/aromatic N) is 2. The Bertz CT molecular complexity index is 1600. The normalized spacial score (nSPS) is 21.2. The van der Waals surface area contributed by atoms with E-state index in [1.165, 1.54) is 15.6 Å². The van der Waals surface area contributed by atoms with E-state index in [1.54, 1.807) is 37.4 Å². The zero-order chi connectivity index (χ0) is 33.7. The van der Waals surface area contributed by atoms with Gasteiger partial charge in [-0.25, -0.2) is 18.2 Å². The van der Waals surface area contributed by atoms with Crippen molar-refractivity contribution >= 4 is 42.8 Å². The van der Waals surface area contributed by atoms with Crippen LogP contribution in [0, 0.1) is 11.8 Å². The Balaban J connectivity index is 1.36. The van der Waals surface area contributed by atoms with Crippen molar-refractivity contribution in [2.45, 2.75) is 82.4 Å². The molecule has 3 aromatic rings. The van der Waals surface area contributed by atoms with Gasteiger partial charge in [0.25, 0.3) is 0 Å². The third-order valence-corrected chi connectivity index (χ3v) is 11.0. The number of benzene rings is 2. The van der Waals surface area contributed by atoms with E-state index in [1.807, 2.05) is 39.8 Å². The van der Waals surface area contributed by atoms with E-state index in [9.17, 15) is 18.3 Å². The number of anilines is 1. The van der Waals surface area contributed by atoms with Crippen LogP contribution in [0.4, 0.5) is 9.93 Å². The number of carbonyl (C=O) groups excluding carboxylic acids is 1. The number of hydrogen-bond donors (Lipinski definition) is 3. The fraction of sp³-hybridized carbons (Fsp3) is 0.576. The molecule has 5 rings (SSSR count). The molecule has 258 valence electrons. The lowest BCUT2D eigenvalue weighted by Crippen LogP contribution is -2.52. The zero-order valence-electron chi connectivity index (χ0n) is 27.5. The van der Waals surface area contributed by atoms with Crippen LogP contribution >= 0.6 is 11.3 Å². The third-order valence-electron chi connectivity index (χ3n) is 8.26. The minimum Gasteiger partial charge on any atom is -0.497 e. The molecule has 0 aliphatic carbocycles. The molecule has 2 saturated heterocycles. The molecule has 5 atom stereocenters. The first kappa shape index (κ1) is 35.3. The molecule has 0 unspecified atom stereocenters. The summed E-state index contributed by atoms with van der Waals surface area (Å²) in [6.07, 6.45) is -1.21. The number of hydrogen-bond acceptors (Lipinski definition) is 11. The molecule has 2 fully saturated rings. The standard InChI is InChI=1S/C33H46N4O8S2/c1-20(2)18-37(47(40,41)24-10-11-26-30(17-24)46-32(35-26)34-21(3)4)19-28(38)27(16-22-6-8-23(42-5)9-7-22)36-33(39)45-29-13-15-44-31-25(29)12-14-43-31/h6-11,17,20-21,25,27-29,31,38H,12-16,18-19H2,1-5H3,(H,34,35)(H,36,39)/t25-,27-,28+,29-,31+/m0/s1. The molecule has 14 heteroatoms. The summed E-state index contributed by atoms with van der Waals surface area (Å²) in [7, 11) is -2.45. The molecular formula is C33H46N4O8S2. The maximum Gasteiger partial charge on any atom is 0.407 e. The highest BCUT2D eigenvalue weighted by atomic mass is 32.2. The number of aromatic nitrogens is 1. The van der Waals surface area contributed by atoms with Crippen molar-refractivity contribution in [1.29, 1.82) is 0 Å². The van der Waals surface area contributed by atoms with Crippen LogP contribution < -0.4 is 15.4 Å². The molecule has 2 aromatic carbocycles. The quantitative estimate of drug-likeness (QED) is 0.219. The number of carbonyl (C=O) groups is 1. The predicted octanol–water partition coefficient (Wildman–Crippen LogP) is 4.62. The molecule has 0 saturated carbocycles. The van der Waals surface area contributed by atoms with Gasteiger partial charge in [-0.15, -0.1) is 0 Å². The van der Waals surface area contributed by atoms with Crippen LogP contribution in [0.5, 0.6) is 5.75 Å². The predicted molar refractivity (Wildman–Crippen MR) is 180 cm³/mol. The number of amides is 1. The highest BCUT2D eigenvalue weighted by Crippen LogP contribution is 2.33. The lowest BCUT2D eigenvalue weighted by atomic mass is 9.95. The van der Waals surface area contributed by atoms with Gasteiger partial charge in [-0.1, -0.05) is 37.3 Å². The molecule has 3 N–H and O–H groups in total. The van der Waals surface area contributed by atoms with Crippen LogP contribution in [0.3, 0.4) is 0 Å². The average molecular weight is 691 g/mol. The van der Waals surface area contributed by atoms with E-state index in [4.69, 9.17) is 18.9 Å². The Morgan fingerprint density at radius 2 is 1.81 bits per heavy atom. The number of sulfonamides is 1. The molecule has 2 aliphatic rings. The second-order valence-electron chi connectivity index (χ2n) is 12.8. The van der Waals surface area contributed by atoms with Gasteiger partial charge in [-0.05, 0) is 68.5 Å². The van der Waals surface area contributed by atoms with Gasteiger partial charge in [0.15, 0.2) is 11.4 Å². The molecule has 0 spiro atoms. The second-order valence-corrected chi connectivity index (χ2v) is 15.8. The Morgan fingerprint density at radius 1 is 1.09 bits per heavy atom. The summed E-state index contributed by atoms with van der Waals surface area (Å²) >= 11 is 1.39. The fourth-order valence-corrected chi connectivity index (χ4v) is 8.71. The third kappa shape index (κ3) is 8.92. The van der Waals surface area contributed by atoms with Gasteiger partial charge in [0, 0.05) is 31.5 Å². The van der Waals surface area contributed by atoms with E-state index >= 15 is 0 Å². The van der Waals surface area contributed by atoms with Crippen molar-refractivity contribution in [3.8, 4) is 5.75 Å². The number of methoxy groups -OCH3 is 1. The first-order valence-electron chi connectivity index (χ1n) is 16.1. The Morgan fingerprint density at radius 3 is 2.49 bits per heavy atom. The molecule has 0 bridgehead atoms. The van der Waals surface area contributed by atoms with E-state index in [-0.39, 0.29) is 54.7 Å². The van der Waals surface area contributed by atoms with E-state index in [2.05, 4.69) is 15.6 Å². The Hall–Kier alpha value is -3.01. The first-order valence-corrected chi connectivity index (χ1v) is 18.4. The lowest BCUT2D eigenvalue weighted by molar-refractivity contribution is -0.179. The average Bonchev–Trinajstić information content (AvgIpc) is 3.67. The summed E-state index contributed by atoms with van der Waals surface area (Å²) in [5, 5.41) is 18.5. The molecular weight excluding hydrogens is 645 g/mol. The van der Waals surface area contributed by atoms with Crippen LogP contribution in [-0.4, -0.2) is 92.9 Å². The van der Waals surface area contributed by atoms with E-state index in [0.29, 0.717) is 30.9 Å². The van der Waals surface area contributed by atoms with Crippen LogP contribution in [0.25, 0.3) is 10.2 Å². The van der Waals surface area contributed by atoms with Gasteiger partial charge in [-0.2, -0.15) is 4.31 Å². The van der Waals surface area contributed by atoms with Crippen molar-refractivity contribution in [3.05, 3.63) is 48.0 Å². The van der Waals surface area contributed by atoms with Gasteiger partial charge in [-0.3, -0.25) is 0 Å². The van der Waals surface area contributed by atoms with Gasteiger partial charge < -0.3 is 34.7 Å². The largest absolute Gasteiger partial charge is 0.497 e. The van der Waals surface area contributed by atoms with Crippen molar-refractivity contribution in [3.63, 3.8) is 0 Å². The minimum atomic E-state index is -4.03. The van der Waals surface area contributed by atoms with Crippen LogP contribution in [0.2, 0.25) is 0 Å². The smallest absolute Gasteiger partial charge is 0.407 e. The summed E-state index contributed by atoms with van der Waals surface area (Å²) in [5.74, 6) is 0.587. The summed E-state index contributed by atoms with van der Waals surface area (Å²) in [6.45, 7) is 8.76. The van der Waals surface area contributed by atoms with Crippen LogP contribution in [0.1, 0.15) is 46.1 Å². The topological polar surface area (TPSA) is 149 Å². The monoisotopic (exact) mass is 690 g/mol. The van der Waals surface area contributed by atoms with E-state index < -0.39 is 28.3 Å². The number of alkyl carbamates (subject to hydrolysis) is 1. The van der Waals surface area contributed by atoms with Gasteiger partial charge >= 0.3 is 6.09 Å². The van der Waals surface area contributed by atoms with Crippen molar-refractivity contribution in [2.75, 3.05) is 38.7 Å². The lowest BCUT2D eigenvalue weighted by Gasteiger charge is -2.33. The Labute approximate surface area is 280 Å². The molecule has 1 aromatic heterocycles. The number of fused-ring (bicyclic) bond motifs is 2. The highest BCUT2D eigenvalue weighted by molar-refractivity contribution is 7.89. The molecule has 0 radical (unpaired) electrons. The van der Waals surface area contributed by atoms with Crippen LogP contribution in [-0.2, 0) is 30.7 Å². The van der Waals surface area contributed by atoms with Gasteiger partial charge in [0.05, 0.1) is 47.6 Å². The fourth-order valence-electron chi connectivity index (χ4n) is 5.93. The van der Waals surface area contributed by atoms with Crippen molar-refractivity contribution in [1.82, 2.24) is 14.6 Å². The molecule has 47 heavy (non-hydrogen) atoms. The van der Waals surface area contributed by atoms with Crippen LogP contribution in [0.15, 0.2) is 47.4 Å². The summed E-state index contributed by atoms with van der Waals surface area (Å²) in [5.41, 5.74) is 1.53. The zero-order valence-corrected chi connectivity index (χ0v) is 29.2. The molecule has 3 heterocycles. The second kappa shape index (κ2) is 15.5. The number of aliphatic hydroxyl groups excluding tert-OH is 1.